The first-order valence-corrected chi connectivity index (χ1v) is 6.57. The molecule has 0 aliphatic carbocycles. The minimum absolute atomic E-state index is 0.223. The smallest absolute Gasteiger partial charge is 0.237 e. The highest BCUT2D eigenvalue weighted by molar-refractivity contribution is 5.84. The van der Waals surface area contributed by atoms with Gasteiger partial charge in [-0.05, 0) is 32.9 Å². The number of primary amides is 1. The largest absolute Gasteiger partial charge is 0.368 e. The Balaban J connectivity index is 4.53. The van der Waals surface area contributed by atoms with Crippen molar-refractivity contribution in [2.75, 3.05) is 27.2 Å². The standard InChI is InChI=1S/C13H29N3O/c1-6-11(3)10-13(7-2,12(14)17)15-8-9-16(4)5/h11,15H,6-10H2,1-5H3,(H2,14,17). The molecule has 0 bridgehead atoms. The minimum Gasteiger partial charge on any atom is -0.368 e. The average Bonchev–Trinajstić information content (AvgIpc) is 2.26. The van der Waals surface area contributed by atoms with E-state index in [4.69, 9.17) is 5.73 Å². The SMILES string of the molecule is CCC(C)CC(CC)(NCCN(C)C)C(N)=O. The Morgan fingerprint density at radius 3 is 2.35 bits per heavy atom. The summed E-state index contributed by atoms with van der Waals surface area (Å²) in [7, 11) is 4.04. The number of hydrogen-bond donors (Lipinski definition) is 2. The topological polar surface area (TPSA) is 58.4 Å². The van der Waals surface area contributed by atoms with Gasteiger partial charge in [0.25, 0.3) is 0 Å². The Kier molecular flexibility index (Phi) is 7.39. The number of nitrogens with one attached hydrogen (secondary N) is 1. The summed E-state index contributed by atoms with van der Waals surface area (Å²) >= 11 is 0. The van der Waals surface area contributed by atoms with Crippen molar-refractivity contribution in [2.24, 2.45) is 11.7 Å². The molecule has 0 radical (unpaired) electrons. The zero-order chi connectivity index (χ0) is 13.5. The Morgan fingerprint density at radius 1 is 1.41 bits per heavy atom. The Hall–Kier alpha value is -0.610. The first kappa shape index (κ1) is 16.4. The lowest BCUT2D eigenvalue weighted by Crippen LogP contribution is -2.57. The zero-order valence-electron chi connectivity index (χ0n) is 12.0. The lowest BCUT2D eigenvalue weighted by Gasteiger charge is -2.33. The van der Waals surface area contributed by atoms with E-state index in [2.05, 4.69) is 24.1 Å². The molecule has 0 aromatic heterocycles. The van der Waals surface area contributed by atoms with Crippen molar-refractivity contribution in [1.29, 1.82) is 0 Å². The van der Waals surface area contributed by atoms with Crippen molar-refractivity contribution in [1.82, 2.24) is 10.2 Å². The van der Waals surface area contributed by atoms with Crippen LogP contribution in [0.15, 0.2) is 0 Å². The van der Waals surface area contributed by atoms with Gasteiger partial charge >= 0.3 is 0 Å². The molecule has 2 atom stereocenters. The molecule has 4 heteroatoms. The van der Waals surface area contributed by atoms with Crippen LogP contribution in [0.1, 0.15) is 40.0 Å². The highest BCUT2D eigenvalue weighted by atomic mass is 16.1. The number of likely N-dealkylation sites (N-methyl/N-ethyl adjacent to an activating group) is 1. The van der Waals surface area contributed by atoms with E-state index in [0.717, 1.165) is 32.4 Å². The van der Waals surface area contributed by atoms with E-state index >= 15 is 0 Å². The summed E-state index contributed by atoms with van der Waals surface area (Å²) in [5, 5.41) is 3.36. The molecule has 0 aliphatic rings. The van der Waals surface area contributed by atoms with E-state index in [-0.39, 0.29) is 5.91 Å². The summed E-state index contributed by atoms with van der Waals surface area (Å²) in [6.07, 6.45) is 2.65. The monoisotopic (exact) mass is 243 g/mol. The Bertz CT molecular complexity index is 231. The maximum atomic E-state index is 11.7. The van der Waals surface area contributed by atoms with Gasteiger partial charge in [-0.2, -0.15) is 0 Å². The summed E-state index contributed by atoms with van der Waals surface area (Å²) < 4.78 is 0. The van der Waals surface area contributed by atoms with Gasteiger partial charge in [-0.25, -0.2) is 0 Å². The van der Waals surface area contributed by atoms with Crippen LogP contribution < -0.4 is 11.1 Å². The van der Waals surface area contributed by atoms with Gasteiger partial charge in [0.15, 0.2) is 0 Å². The molecule has 0 saturated heterocycles. The fourth-order valence-corrected chi connectivity index (χ4v) is 1.96. The molecular formula is C13H29N3O. The number of amides is 1. The summed E-state index contributed by atoms with van der Waals surface area (Å²) in [5.41, 5.74) is 5.05. The first-order chi connectivity index (χ1) is 7.88. The van der Waals surface area contributed by atoms with Crippen LogP contribution in [0.25, 0.3) is 0 Å². The van der Waals surface area contributed by atoms with E-state index in [1.54, 1.807) is 0 Å². The lowest BCUT2D eigenvalue weighted by molar-refractivity contribution is -0.125. The Morgan fingerprint density at radius 2 is 2.00 bits per heavy atom. The second-order valence-corrected chi connectivity index (χ2v) is 5.25. The quantitative estimate of drug-likeness (QED) is 0.640. The molecule has 3 N–H and O–H groups in total. The summed E-state index contributed by atoms with van der Waals surface area (Å²) in [6, 6.07) is 0. The van der Waals surface area contributed by atoms with E-state index < -0.39 is 5.54 Å². The van der Waals surface area contributed by atoms with Crippen molar-refractivity contribution >= 4 is 5.91 Å². The van der Waals surface area contributed by atoms with Gasteiger partial charge < -0.3 is 16.0 Å². The molecule has 102 valence electrons. The number of hydrogen-bond acceptors (Lipinski definition) is 3. The van der Waals surface area contributed by atoms with Crippen molar-refractivity contribution in [3.8, 4) is 0 Å². The molecule has 0 heterocycles. The van der Waals surface area contributed by atoms with Crippen LogP contribution in [0, 0.1) is 5.92 Å². The third-order valence-electron chi connectivity index (χ3n) is 3.49. The lowest BCUT2D eigenvalue weighted by atomic mass is 9.84. The van der Waals surface area contributed by atoms with Crippen molar-refractivity contribution in [2.45, 2.75) is 45.6 Å². The fourth-order valence-electron chi connectivity index (χ4n) is 1.96. The Labute approximate surface area is 106 Å². The fraction of sp³-hybridized carbons (Fsp3) is 0.923. The first-order valence-electron chi connectivity index (χ1n) is 6.57. The maximum Gasteiger partial charge on any atom is 0.237 e. The summed E-state index contributed by atoms with van der Waals surface area (Å²) in [4.78, 5) is 13.8. The maximum absolute atomic E-state index is 11.7. The van der Waals surface area contributed by atoms with E-state index in [1.807, 2.05) is 21.0 Å². The van der Waals surface area contributed by atoms with Crippen LogP contribution in [0.3, 0.4) is 0 Å². The van der Waals surface area contributed by atoms with Crippen LogP contribution in [0.5, 0.6) is 0 Å². The second kappa shape index (κ2) is 7.67. The van der Waals surface area contributed by atoms with Gasteiger partial charge in [0.1, 0.15) is 0 Å². The zero-order valence-corrected chi connectivity index (χ0v) is 12.0. The van der Waals surface area contributed by atoms with Crippen LogP contribution in [-0.4, -0.2) is 43.5 Å². The molecule has 1 amide bonds. The molecule has 0 saturated carbocycles. The molecule has 0 spiro atoms. The molecule has 0 aliphatic heterocycles. The number of carbonyl (C=O) groups excluding carboxylic acids is 1. The highest BCUT2D eigenvalue weighted by Gasteiger charge is 2.35. The van der Waals surface area contributed by atoms with Crippen LogP contribution in [0.4, 0.5) is 0 Å². The molecular weight excluding hydrogens is 214 g/mol. The molecule has 0 fully saturated rings. The molecule has 0 rings (SSSR count). The normalized spacial score (nSPS) is 16.8. The molecule has 2 unspecified atom stereocenters. The molecule has 0 aromatic carbocycles. The number of rotatable bonds is 9. The van der Waals surface area contributed by atoms with Gasteiger partial charge in [0.2, 0.25) is 5.91 Å². The van der Waals surface area contributed by atoms with E-state index in [9.17, 15) is 4.79 Å². The van der Waals surface area contributed by atoms with Gasteiger partial charge in [-0.15, -0.1) is 0 Å². The van der Waals surface area contributed by atoms with Crippen molar-refractivity contribution in [3.63, 3.8) is 0 Å². The summed E-state index contributed by atoms with van der Waals surface area (Å²) in [6.45, 7) is 8.04. The third kappa shape index (κ3) is 5.50. The van der Waals surface area contributed by atoms with Crippen LogP contribution in [0.2, 0.25) is 0 Å². The third-order valence-corrected chi connectivity index (χ3v) is 3.49. The highest BCUT2D eigenvalue weighted by Crippen LogP contribution is 2.22. The molecule has 17 heavy (non-hydrogen) atoms. The predicted molar refractivity (Wildman–Crippen MR) is 72.8 cm³/mol. The predicted octanol–water partition coefficient (Wildman–Crippen LogP) is 1.21. The number of nitrogens with two attached hydrogens (primary N) is 1. The minimum atomic E-state index is -0.536. The van der Waals surface area contributed by atoms with E-state index in [1.165, 1.54) is 0 Å². The van der Waals surface area contributed by atoms with Crippen molar-refractivity contribution in [3.05, 3.63) is 0 Å². The average molecular weight is 243 g/mol. The number of nitrogens with zero attached hydrogens (tertiary/aromatic N) is 1. The molecule has 4 nitrogen and oxygen atoms in total. The van der Waals surface area contributed by atoms with Crippen LogP contribution in [-0.2, 0) is 4.79 Å². The van der Waals surface area contributed by atoms with E-state index in [0.29, 0.717) is 5.92 Å². The van der Waals surface area contributed by atoms with Crippen LogP contribution >= 0.6 is 0 Å². The second-order valence-electron chi connectivity index (χ2n) is 5.25. The molecule has 0 aromatic rings. The number of carbonyl (C=O) groups is 1. The van der Waals surface area contributed by atoms with Gasteiger partial charge in [-0.1, -0.05) is 27.2 Å². The summed E-state index contributed by atoms with van der Waals surface area (Å²) in [5.74, 6) is 0.286. The van der Waals surface area contributed by atoms with Gasteiger partial charge in [0, 0.05) is 13.1 Å². The van der Waals surface area contributed by atoms with Gasteiger partial charge in [0.05, 0.1) is 5.54 Å². The van der Waals surface area contributed by atoms with Crippen molar-refractivity contribution < 1.29 is 4.79 Å². The van der Waals surface area contributed by atoms with Gasteiger partial charge in [-0.3, -0.25) is 4.79 Å².